The number of imidazole rings is 1. The number of nitriles is 1. The van der Waals surface area contributed by atoms with E-state index in [1.54, 1.807) is 73.1 Å². The zero-order valence-electron chi connectivity index (χ0n) is 25.2. The summed E-state index contributed by atoms with van der Waals surface area (Å²) in [7, 11) is 1.59. The number of nitrogens with zero attached hydrogens (tertiary/aromatic N) is 6. The van der Waals surface area contributed by atoms with E-state index in [0.29, 0.717) is 65.4 Å². The number of rotatable bonds is 9. The van der Waals surface area contributed by atoms with Crippen LogP contribution in [0.25, 0.3) is 0 Å². The molecule has 0 spiro atoms. The molecular formula is C35H31ClN6O3S. The van der Waals surface area contributed by atoms with Gasteiger partial charge in [0.1, 0.15) is 5.75 Å². The molecule has 0 unspecified atom stereocenters. The van der Waals surface area contributed by atoms with E-state index >= 15 is 0 Å². The van der Waals surface area contributed by atoms with Crippen LogP contribution in [0.1, 0.15) is 36.9 Å². The number of ether oxygens (including phenoxy) is 1. The molecule has 0 bridgehead atoms. The molecular weight excluding hydrogens is 620 g/mol. The van der Waals surface area contributed by atoms with Crippen LogP contribution in [0.3, 0.4) is 0 Å². The van der Waals surface area contributed by atoms with Crippen molar-refractivity contribution in [2.75, 3.05) is 43.1 Å². The highest BCUT2D eigenvalue weighted by Crippen LogP contribution is 2.27. The van der Waals surface area contributed by atoms with Crippen molar-refractivity contribution in [3.05, 3.63) is 129 Å². The first-order chi connectivity index (χ1) is 22.4. The minimum atomic E-state index is -0.151. The average Bonchev–Trinajstić information content (AvgIpc) is 3.75. The van der Waals surface area contributed by atoms with Crippen molar-refractivity contribution in [3.63, 3.8) is 0 Å². The maximum absolute atomic E-state index is 14.0. The molecule has 1 fully saturated rings. The van der Waals surface area contributed by atoms with Gasteiger partial charge >= 0.3 is 0 Å². The van der Waals surface area contributed by atoms with Gasteiger partial charge in [-0.1, -0.05) is 23.7 Å². The average molecular weight is 651 g/mol. The largest absolute Gasteiger partial charge is 0.497 e. The maximum Gasteiger partial charge on any atom is 0.264 e. The maximum atomic E-state index is 14.0. The van der Waals surface area contributed by atoms with Crippen LogP contribution in [0.2, 0.25) is 4.34 Å². The van der Waals surface area contributed by atoms with Gasteiger partial charge in [0.15, 0.2) is 0 Å². The van der Waals surface area contributed by atoms with Crippen LogP contribution in [0, 0.1) is 11.3 Å². The molecule has 232 valence electrons. The molecule has 3 aromatic carbocycles. The Morgan fingerprint density at radius 3 is 2.30 bits per heavy atom. The lowest BCUT2D eigenvalue weighted by Crippen LogP contribution is -2.48. The van der Waals surface area contributed by atoms with Crippen molar-refractivity contribution in [1.29, 1.82) is 5.26 Å². The molecule has 1 saturated heterocycles. The molecule has 2 aromatic heterocycles. The summed E-state index contributed by atoms with van der Waals surface area (Å²) in [5, 5.41) is 9.14. The third-order valence-corrected chi connectivity index (χ3v) is 9.23. The van der Waals surface area contributed by atoms with Crippen LogP contribution >= 0.6 is 22.9 Å². The summed E-state index contributed by atoms with van der Waals surface area (Å²) >= 11 is 7.34. The summed E-state index contributed by atoms with van der Waals surface area (Å²) in [5.41, 5.74) is 4.81. The predicted octanol–water partition coefficient (Wildman–Crippen LogP) is 6.34. The van der Waals surface area contributed by atoms with Crippen LogP contribution in [0.15, 0.2) is 97.5 Å². The van der Waals surface area contributed by atoms with Gasteiger partial charge < -0.3 is 24.0 Å². The van der Waals surface area contributed by atoms with E-state index in [2.05, 4.69) is 16.0 Å². The lowest BCUT2D eigenvalue weighted by Gasteiger charge is -2.36. The molecule has 9 nitrogen and oxygen atoms in total. The third-order valence-electron chi connectivity index (χ3n) is 8.01. The number of aromatic nitrogens is 2. The third kappa shape index (κ3) is 6.91. The number of hydrogen-bond donors (Lipinski definition) is 0. The van der Waals surface area contributed by atoms with Crippen LogP contribution < -0.4 is 14.5 Å². The van der Waals surface area contributed by atoms with Gasteiger partial charge in [-0.15, -0.1) is 11.3 Å². The van der Waals surface area contributed by atoms with E-state index < -0.39 is 0 Å². The molecule has 1 aliphatic heterocycles. The van der Waals surface area contributed by atoms with Gasteiger partial charge in [0, 0.05) is 55.9 Å². The summed E-state index contributed by atoms with van der Waals surface area (Å²) in [6, 6.07) is 28.2. The molecule has 0 saturated carbocycles. The van der Waals surface area contributed by atoms with Gasteiger partial charge in [-0.2, -0.15) is 5.26 Å². The fourth-order valence-electron chi connectivity index (χ4n) is 5.43. The van der Waals surface area contributed by atoms with Crippen molar-refractivity contribution < 1.29 is 14.3 Å². The van der Waals surface area contributed by atoms with Crippen LogP contribution in [0.5, 0.6) is 5.75 Å². The van der Waals surface area contributed by atoms with Crippen LogP contribution in [-0.2, 0) is 13.1 Å². The molecule has 1 aliphatic rings. The van der Waals surface area contributed by atoms with Gasteiger partial charge in [0.2, 0.25) is 0 Å². The molecule has 3 heterocycles. The number of carbonyl (C=O) groups is 2. The summed E-state index contributed by atoms with van der Waals surface area (Å²) in [6.45, 7) is 3.48. The number of piperazine rings is 1. The monoisotopic (exact) mass is 650 g/mol. The number of amides is 2. The van der Waals surface area contributed by atoms with Gasteiger partial charge in [0.25, 0.3) is 11.8 Å². The zero-order valence-corrected chi connectivity index (χ0v) is 26.7. The standard InChI is InChI=1S/C35H31ClN6O3S/c1-45-31-12-6-27(7-13-31)34(43)42(23-30-21-38-24-41(30)22-26-4-2-25(20-37)3-5-26)29-10-8-28(9-11-29)39-16-18-40(19-17-39)35(44)32-14-15-33(36)46-32/h2-15,21,24H,16-19,22-23H2,1H3. The first-order valence-corrected chi connectivity index (χ1v) is 15.9. The Balaban J connectivity index is 1.20. The van der Waals surface area contributed by atoms with Gasteiger partial charge in [-0.3, -0.25) is 9.59 Å². The Hall–Kier alpha value is -5.11. The summed E-state index contributed by atoms with van der Waals surface area (Å²) in [6.07, 6.45) is 3.53. The molecule has 0 atom stereocenters. The number of methoxy groups -OCH3 is 1. The highest BCUT2D eigenvalue weighted by Gasteiger charge is 2.25. The molecule has 46 heavy (non-hydrogen) atoms. The summed E-state index contributed by atoms with van der Waals surface area (Å²) in [4.78, 5) is 37.8. The number of hydrogen-bond acceptors (Lipinski definition) is 7. The number of anilines is 2. The van der Waals surface area contributed by atoms with E-state index in [1.807, 2.05) is 45.9 Å². The quantitative estimate of drug-likeness (QED) is 0.185. The number of carbonyl (C=O) groups excluding carboxylic acids is 2. The minimum Gasteiger partial charge on any atom is -0.497 e. The Bertz CT molecular complexity index is 1850. The number of halogens is 1. The molecule has 5 aromatic rings. The fourth-order valence-corrected chi connectivity index (χ4v) is 6.44. The van der Waals surface area contributed by atoms with E-state index in [1.165, 1.54) is 11.3 Å². The van der Waals surface area contributed by atoms with Crippen molar-refractivity contribution >= 4 is 46.1 Å². The first kappa shape index (κ1) is 30.9. The smallest absolute Gasteiger partial charge is 0.264 e. The van der Waals surface area contributed by atoms with Gasteiger partial charge in [-0.25, -0.2) is 4.98 Å². The molecule has 0 aliphatic carbocycles. The Labute approximate surface area is 276 Å². The van der Waals surface area contributed by atoms with Crippen molar-refractivity contribution in [2.45, 2.75) is 13.1 Å². The molecule has 11 heteroatoms. The van der Waals surface area contributed by atoms with E-state index in [4.69, 9.17) is 21.6 Å². The second-order valence-electron chi connectivity index (χ2n) is 10.8. The van der Waals surface area contributed by atoms with Crippen molar-refractivity contribution in [2.24, 2.45) is 0 Å². The molecule has 2 amide bonds. The molecule has 0 N–H and O–H groups in total. The van der Waals surface area contributed by atoms with Crippen LogP contribution in [-0.4, -0.2) is 59.6 Å². The van der Waals surface area contributed by atoms with E-state index in [0.717, 1.165) is 22.6 Å². The van der Waals surface area contributed by atoms with Crippen molar-refractivity contribution in [1.82, 2.24) is 14.5 Å². The lowest BCUT2D eigenvalue weighted by molar-refractivity contribution is 0.0751. The topological polar surface area (TPSA) is 94.7 Å². The minimum absolute atomic E-state index is 0.0120. The van der Waals surface area contributed by atoms with E-state index in [-0.39, 0.29) is 11.8 Å². The molecule has 0 radical (unpaired) electrons. The lowest BCUT2D eigenvalue weighted by atomic mass is 10.1. The first-order valence-electron chi connectivity index (χ1n) is 14.8. The van der Waals surface area contributed by atoms with Crippen molar-refractivity contribution in [3.8, 4) is 11.8 Å². The predicted molar refractivity (Wildman–Crippen MR) is 180 cm³/mol. The number of thiophene rings is 1. The second-order valence-corrected chi connectivity index (χ2v) is 12.6. The number of benzene rings is 3. The van der Waals surface area contributed by atoms with Gasteiger partial charge in [-0.05, 0) is 78.4 Å². The van der Waals surface area contributed by atoms with Gasteiger partial charge in [0.05, 0.1) is 46.5 Å². The molecule has 6 rings (SSSR count). The Morgan fingerprint density at radius 2 is 1.67 bits per heavy atom. The SMILES string of the molecule is COc1ccc(C(=O)N(Cc2cncn2Cc2ccc(C#N)cc2)c2ccc(N3CCN(C(=O)c4ccc(Cl)s4)CC3)cc2)cc1. The Morgan fingerprint density at radius 1 is 0.957 bits per heavy atom. The van der Waals surface area contributed by atoms with E-state index in [9.17, 15) is 9.59 Å². The Kier molecular flexibility index (Phi) is 9.33. The highest BCUT2D eigenvalue weighted by atomic mass is 35.5. The summed E-state index contributed by atoms with van der Waals surface area (Å²) < 4.78 is 7.91. The summed E-state index contributed by atoms with van der Waals surface area (Å²) in [5.74, 6) is 0.536. The highest BCUT2D eigenvalue weighted by molar-refractivity contribution is 7.17. The zero-order chi connectivity index (χ0) is 32.0. The second kappa shape index (κ2) is 13.9. The van der Waals surface area contributed by atoms with Crippen LogP contribution in [0.4, 0.5) is 11.4 Å². The normalized spacial score (nSPS) is 12.9. The fraction of sp³-hybridized carbons (Fsp3) is 0.200.